The van der Waals surface area contributed by atoms with Gasteiger partial charge in [-0.1, -0.05) is 0 Å². The number of nitrogens with one attached hydrogen (secondary N) is 1. The molecule has 1 N–H and O–H groups in total. The number of rotatable bonds is 4. The minimum absolute atomic E-state index is 0.0115. The topological polar surface area (TPSA) is 54.5 Å². The lowest BCUT2D eigenvalue weighted by atomic mass is 10.1. The number of amides is 1. The van der Waals surface area contributed by atoms with Crippen LogP contribution < -0.4 is 10.1 Å². The zero-order valence-electron chi connectivity index (χ0n) is 13.5. The van der Waals surface area contributed by atoms with Crippen LogP contribution in [0.2, 0.25) is 0 Å². The maximum atomic E-state index is 12.7. The summed E-state index contributed by atoms with van der Waals surface area (Å²) < 4.78 is 42.0. The summed E-state index contributed by atoms with van der Waals surface area (Å²) in [5.74, 6) is -0.0109. The van der Waals surface area contributed by atoms with Crippen molar-refractivity contribution in [2.45, 2.75) is 24.9 Å². The number of alkyl halides is 3. The number of pyridine rings is 1. The quantitative estimate of drug-likeness (QED) is 0.844. The van der Waals surface area contributed by atoms with Gasteiger partial charge < -0.3 is 15.0 Å². The fraction of sp³-hybridized carbons (Fsp3) is 0.529. The van der Waals surface area contributed by atoms with Gasteiger partial charge in [0.05, 0.1) is 5.56 Å². The molecule has 3 aliphatic rings. The molecular formula is C17H18F3N3O2. The van der Waals surface area contributed by atoms with E-state index in [4.69, 9.17) is 4.74 Å². The standard InChI is InChI=1S/C17H18F3N3O2/c18-17(19,20)9-25-15-14(10-1-2-10)3-11(6-22-15)16(24)23-7-12-4-21-5-13(12)8-23/h3,6,10,21H,1-2,4-5,7-9H2. The molecule has 0 unspecified atom stereocenters. The molecule has 1 aromatic rings. The van der Waals surface area contributed by atoms with E-state index >= 15 is 0 Å². The van der Waals surface area contributed by atoms with Gasteiger partial charge in [-0.15, -0.1) is 0 Å². The van der Waals surface area contributed by atoms with Gasteiger partial charge in [0, 0.05) is 37.9 Å². The Morgan fingerprint density at radius 1 is 1.28 bits per heavy atom. The predicted octanol–water partition coefficient (Wildman–Crippen LogP) is 2.26. The zero-order valence-corrected chi connectivity index (χ0v) is 13.5. The Hall–Kier alpha value is -2.09. The first-order valence-electron chi connectivity index (χ1n) is 8.30. The van der Waals surface area contributed by atoms with E-state index in [-0.39, 0.29) is 17.7 Å². The average molecular weight is 353 g/mol. The highest BCUT2D eigenvalue weighted by atomic mass is 19.4. The molecule has 2 aliphatic heterocycles. The van der Waals surface area contributed by atoms with Gasteiger partial charge in [0.1, 0.15) is 0 Å². The third kappa shape index (κ3) is 3.49. The minimum atomic E-state index is -4.41. The van der Waals surface area contributed by atoms with Crippen molar-refractivity contribution in [3.63, 3.8) is 0 Å². The monoisotopic (exact) mass is 353 g/mol. The van der Waals surface area contributed by atoms with Crippen molar-refractivity contribution in [3.8, 4) is 5.88 Å². The molecule has 4 rings (SSSR count). The van der Waals surface area contributed by atoms with Crippen LogP contribution >= 0.6 is 0 Å². The summed E-state index contributed by atoms with van der Waals surface area (Å²) in [5.41, 5.74) is 3.54. The smallest absolute Gasteiger partial charge is 0.422 e. The van der Waals surface area contributed by atoms with E-state index in [0.717, 1.165) is 25.9 Å². The van der Waals surface area contributed by atoms with E-state index in [1.807, 2.05) is 0 Å². The number of nitrogens with zero attached hydrogens (tertiary/aromatic N) is 2. The van der Waals surface area contributed by atoms with Crippen molar-refractivity contribution in [2.24, 2.45) is 0 Å². The average Bonchev–Trinajstić information content (AvgIpc) is 3.18. The van der Waals surface area contributed by atoms with Gasteiger partial charge in [-0.05, 0) is 36.0 Å². The molecule has 25 heavy (non-hydrogen) atoms. The van der Waals surface area contributed by atoms with Crippen LogP contribution in [0.25, 0.3) is 0 Å². The number of carbonyl (C=O) groups is 1. The Bertz CT molecular complexity index is 725. The third-order valence-corrected chi connectivity index (χ3v) is 4.74. The number of halogens is 3. The summed E-state index contributed by atoms with van der Waals surface area (Å²) in [6.07, 6.45) is -1.33. The SMILES string of the molecule is O=C(c1cnc(OCC(F)(F)F)c(C2CC2)c1)N1CC2=C(CNC2)C1. The highest BCUT2D eigenvalue weighted by molar-refractivity contribution is 5.95. The normalized spacial score (nSPS) is 20.2. The fourth-order valence-corrected chi connectivity index (χ4v) is 3.34. The molecule has 1 aromatic heterocycles. The van der Waals surface area contributed by atoms with E-state index < -0.39 is 12.8 Å². The molecular weight excluding hydrogens is 335 g/mol. The Morgan fingerprint density at radius 2 is 1.96 bits per heavy atom. The van der Waals surface area contributed by atoms with E-state index in [9.17, 15) is 18.0 Å². The molecule has 3 heterocycles. The molecule has 0 atom stereocenters. The van der Waals surface area contributed by atoms with Gasteiger partial charge in [-0.25, -0.2) is 4.98 Å². The summed E-state index contributed by atoms with van der Waals surface area (Å²) in [5, 5.41) is 3.26. The minimum Gasteiger partial charge on any atom is -0.468 e. The summed E-state index contributed by atoms with van der Waals surface area (Å²) in [6, 6.07) is 1.65. The van der Waals surface area contributed by atoms with Crippen LogP contribution in [0.5, 0.6) is 5.88 Å². The van der Waals surface area contributed by atoms with Crippen molar-refractivity contribution in [2.75, 3.05) is 32.8 Å². The largest absolute Gasteiger partial charge is 0.468 e. The van der Waals surface area contributed by atoms with Gasteiger partial charge in [-0.2, -0.15) is 13.2 Å². The van der Waals surface area contributed by atoms with E-state index in [2.05, 4.69) is 10.3 Å². The van der Waals surface area contributed by atoms with Crippen molar-refractivity contribution < 1.29 is 22.7 Å². The first kappa shape index (κ1) is 16.4. The van der Waals surface area contributed by atoms with Crippen LogP contribution in [0, 0.1) is 0 Å². The van der Waals surface area contributed by atoms with Crippen LogP contribution in [0.1, 0.15) is 34.7 Å². The van der Waals surface area contributed by atoms with Crippen molar-refractivity contribution in [1.82, 2.24) is 15.2 Å². The van der Waals surface area contributed by atoms with Crippen LogP contribution in [0.15, 0.2) is 23.4 Å². The highest BCUT2D eigenvalue weighted by Gasteiger charge is 2.34. The third-order valence-electron chi connectivity index (χ3n) is 4.74. The van der Waals surface area contributed by atoms with Crippen molar-refractivity contribution in [3.05, 3.63) is 34.5 Å². The first-order chi connectivity index (χ1) is 11.9. The summed E-state index contributed by atoms with van der Waals surface area (Å²) in [4.78, 5) is 18.5. The molecule has 0 spiro atoms. The number of ether oxygens (including phenoxy) is 1. The molecule has 134 valence electrons. The van der Waals surface area contributed by atoms with Crippen LogP contribution in [0.3, 0.4) is 0 Å². The second-order valence-electron chi connectivity index (χ2n) is 6.77. The summed E-state index contributed by atoms with van der Waals surface area (Å²) >= 11 is 0. The number of carbonyl (C=O) groups excluding carboxylic acids is 1. The number of hydrogen-bond acceptors (Lipinski definition) is 4. The lowest BCUT2D eigenvalue weighted by molar-refractivity contribution is -0.154. The zero-order chi connectivity index (χ0) is 17.6. The molecule has 8 heteroatoms. The molecule has 1 amide bonds. The molecule has 5 nitrogen and oxygen atoms in total. The van der Waals surface area contributed by atoms with E-state index in [1.165, 1.54) is 17.3 Å². The predicted molar refractivity (Wildman–Crippen MR) is 83.6 cm³/mol. The van der Waals surface area contributed by atoms with E-state index in [0.29, 0.717) is 24.2 Å². The van der Waals surface area contributed by atoms with Crippen molar-refractivity contribution >= 4 is 5.91 Å². The summed E-state index contributed by atoms with van der Waals surface area (Å²) in [7, 11) is 0. The van der Waals surface area contributed by atoms with Gasteiger partial charge in [0.25, 0.3) is 5.91 Å². The maximum Gasteiger partial charge on any atom is 0.422 e. The van der Waals surface area contributed by atoms with Crippen LogP contribution in [0.4, 0.5) is 13.2 Å². The second-order valence-corrected chi connectivity index (χ2v) is 6.77. The lowest BCUT2D eigenvalue weighted by Gasteiger charge is -2.19. The molecule has 1 saturated carbocycles. The van der Waals surface area contributed by atoms with Gasteiger partial charge in [-0.3, -0.25) is 4.79 Å². The summed E-state index contributed by atoms with van der Waals surface area (Å²) in [6.45, 7) is 1.46. The molecule has 0 radical (unpaired) electrons. The molecule has 0 aromatic carbocycles. The number of aromatic nitrogens is 1. The van der Waals surface area contributed by atoms with E-state index in [1.54, 1.807) is 11.0 Å². The lowest BCUT2D eigenvalue weighted by Crippen LogP contribution is -2.32. The Labute approximate surface area is 142 Å². The molecule has 0 saturated heterocycles. The van der Waals surface area contributed by atoms with Crippen LogP contribution in [-0.4, -0.2) is 54.8 Å². The van der Waals surface area contributed by atoms with Gasteiger partial charge in [0.15, 0.2) is 6.61 Å². The Kier molecular flexibility index (Phi) is 3.94. The second kappa shape index (κ2) is 6.01. The fourth-order valence-electron chi connectivity index (χ4n) is 3.34. The van der Waals surface area contributed by atoms with Gasteiger partial charge >= 0.3 is 6.18 Å². The maximum absolute atomic E-state index is 12.7. The molecule has 1 aliphatic carbocycles. The first-order valence-corrected chi connectivity index (χ1v) is 8.30. The highest BCUT2D eigenvalue weighted by Crippen LogP contribution is 2.44. The Morgan fingerprint density at radius 3 is 2.56 bits per heavy atom. The van der Waals surface area contributed by atoms with Gasteiger partial charge in [0.2, 0.25) is 5.88 Å². The molecule has 1 fully saturated rings. The Balaban J connectivity index is 1.51. The van der Waals surface area contributed by atoms with Crippen LogP contribution in [-0.2, 0) is 0 Å². The van der Waals surface area contributed by atoms with Crippen molar-refractivity contribution in [1.29, 1.82) is 0 Å². The molecule has 0 bridgehead atoms. The number of hydrogen-bond donors (Lipinski definition) is 1.